The lowest BCUT2D eigenvalue weighted by Gasteiger charge is -2.43. The smallest absolute Gasteiger partial charge is 0.317 e. The van der Waals surface area contributed by atoms with Crippen LogP contribution in [0.1, 0.15) is 42.9 Å². The number of benzene rings is 2. The molecule has 0 spiro atoms. The Kier molecular flexibility index (Phi) is 4.66. The first-order chi connectivity index (χ1) is 15.3. The number of aromatic nitrogens is 1. The summed E-state index contributed by atoms with van der Waals surface area (Å²) in [5.41, 5.74) is 6.06. The zero-order valence-electron chi connectivity index (χ0n) is 18.7. The molecule has 5 heteroatoms. The van der Waals surface area contributed by atoms with Crippen LogP contribution in [0.2, 0.25) is 0 Å². The molecule has 1 N–H and O–H groups in total. The van der Waals surface area contributed by atoms with Crippen molar-refractivity contribution in [2.75, 3.05) is 12.4 Å². The van der Waals surface area contributed by atoms with Gasteiger partial charge in [0.1, 0.15) is 5.92 Å². The molecule has 0 unspecified atom stereocenters. The van der Waals surface area contributed by atoms with Gasteiger partial charge >= 0.3 is 5.97 Å². The second kappa shape index (κ2) is 7.30. The summed E-state index contributed by atoms with van der Waals surface area (Å²) in [6, 6.07) is 16.3. The highest BCUT2D eigenvalue weighted by Crippen LogP contribution is 2.52. The van der Waals surface area contributed by atoms with Gasteiger partial charge in [0.25, 0.3) is 0 Å². The van der Waals surface area contributed by atoms with Gasteiger partial charge < -0.3 is 10.1 Å². The number of hydrogen-bond acceptors (Lipinski definition) is 5. The van der Waals surface area contributed by atoms with Gasteiger partial charge in [-0.2, -0.15) is 0 Å². The zero-order valence-corrected chi connectivity index (χ0v) is 18.7. The number of carbonyl (C=O) groups excluding carboxylic acids is 2. The molecule has 1 aliphatic carbocycles. The zero-order chi connectivity index (χ0) is 22.6. The number of esters is 1. The van der Waals surface area contributed by atoms with Gasteiger partial charge in [-0.1, -0.05) is 49.7 Å². The second-order valence-electron chi connectivity index (χ2n) is 9.44. The molecule has 0 saturated heterocycles. The summed E-state index contributed by atoms with van der Waals surface area (Å²) in [6.07, 6.45) is 2.36. The molecule has 5 rings (SSSR count). The lowest BCUT2D eigenvalue weighted by molar-refractivity contribution is -0.154. The number of methoxy groups -OCH3 is 1. The van der Waals surface area contributed by atoms with E-state index in [0.717, 1.165) is 39.0 Å². The van der Waals surface area contributed by atoms with E-state index in [-0.39, 0.29) is 11.7 Å². The van der Waals surface area contributed by atoms with Crippen LogP contribution in [-0.2, 0) is 14.3 Å². The summed E-state index contributed by atoms with van der Waals surface area (Å²) < 4.78 is 5.06. The lowest BCUT2D eigenvalue weighted by Crippen LogP contribution is -2.45. The van der Waals surface area contributed by atoms with Crippen LogP contribution >= 0.6 is 0 Å². The molecule has 0 saturated carbocycles. The van der Waals surface area contributed by atoms with Gasteiger partial charge in [-0.25, -0.2) is 0 Å². The third-order valence-corrected chi connectivity index (χ3v) is 6.80. The van der Waals surface area contributed by atoms with Crippen molar-refractivity contribution in [2.45, 2.75) is 33.1 Å². The molecule has 5 nitrogen and oxygen atoms in total. The number of allylic oxidation sites excluding steroid dienone is 2. The van der Waals surface area contributed by atoms with Crippen LogP contribution in [0.25, 0.3) is 10.9 Å². The Morgan fingerprint density at radius 1 is 1.12 bits per heavy atom. The molecule has 2 aliphatic rings. The Morgan fingerprint density at radius 3 is 2.59 bits per heavy atom. The maximum atomic E-state index is 14.0. The number of nitrogens with one attached hydrogen (secondary N) is 1. The Hall–Kier alpha value is -3.47. The third-order valence-electron chi connectivity index (χ3n) is 6.80. The first-order valence-corrected chi connectivity index (χ1v) is 10.9. The number of anilines is 1. The molecule has 32 heavy (non-hydrogen) atoms. The number of rotatable bonds is 2. The van der Waals surface area contributed by atoms with E-state index in [0.29, 0.717) is 12.0 Å². The number of aryl methyl sites for hydroxylation is 1. The molecular weight excluding hydrogens is 400 g/mol. The molecule has 3 aromatic rings. The van der Waals surface area contributed by atoms with Crippen LogP contribution in [0.4, 0.5) is 5.69 Å². The summed E-state index contributed by atoms with van der Waals surface area (Å²) >= 11 is 0. The van der Waals surface area contributed by atoms with Crippen molar-refractivity contribution < 1.29 is 14.3 Å². The van der Waals surface area contributed by atoms with Gasteiger partial charge in [0, 0.05) is 34.5 Å². The van der Waals surface area contributed by atoms with E-state index in [2.05, 4.69) is 34.6 Å². The van der Waals surface area contributed by atoms with E-state index >= 15 is 0 Å². The minimum absolute atomic E-state index is 0.160. The fourth-order valence-corrected chi connectivity index (χ4v) is 5.28. The Bertz CT molecular complexity index is 1290. The monoisotopic (exact) mass is 426 g/mol. The van der Waals surface area contributed by atoms with Crippen molar-refractivity contribution in [3.8, 4) is 0 Å². The van der Waals surface area contributed by atoms with E-state index in [1.807, 2.05) is 45.0 Å². The summed E-state index contributed by atoms with van der Waals surface area (Å²) in [7, 11) is 1.35. The highest BCUT2D eigenvalue weighted by atomic mass is 16.5. The molecule has 2 heterocycles. The van der Waals surface area contributed by atoms with Gasteiger partial charge in [-0.3, -0.25) is 14.6 Å². The van der Waals surface area contributed by atoms with Gasteiger partial charge in [0.05, 0.1) is 12.6 Å². The number of pyridine rings is 1. The van der Waals surface area contributed by atoms with E-state index in [1.165, 1.54) is 7.11 Å². The number of fused-ring (bicyclic) bond motifs is 3. The molecule has 1 aromatic heterocycles. The van der Waals surface area contributed by atoms with Crippen molar-refractivity contribution in [2.24, 2.45) is 11.3 Å². The van der Waals surface area contributed by atoms with Crippen molar-refractivity contribution in [3.05, 3.63) is 82.7 Å². The van der Waals surface area contributed by atoms with Crippen molar-refractivity contribution in [1.29, 1.82) is 0 Å². The van der Waals surface area contributed by atoms with Crippen LogP contribution < -0.4 is 5.32 Å². The normalized spacial score (nSPS) is 21.6. The molecule has 0 bridgehead atoms. The molecule has 162 valence electrons. The fourth-order valence-electron chi connectivity index (χ4n) is 5.28. The maximum Gasteiger partial charge on any atom is 0.317 e. The van der Waals surface area contributed by atoms with Gasteiger partial charge in [0.2, 0.25) is 0 Å². The SMILES string of the molecule is COC(=O)[C@H]1C(=O)C2=C(CC1(C)C)Nc1ccc3ncccc3c1[C@H]2c1ccc(C)cc1. The highest BCUT2D eigenvalue weighted by molar-refractivity contribution is 6.13. The summed E-state index contributed by atoms with van der Waals surface area (Å²) in [4.78, 5) is 31.2. The number of Topliss-reactive ketones (excluding diaryl/α,β-unsaturated/α-hetero) is 1. The van der Waals surface area contributed by atoms with Crippen LogP contribution in [0.3, 0.4) is 0 Å². The summed E-state index contributed by atoms with van der Waals surface area (Å²) in [6.45, 7) is 5.96. The predicted molar refractivity (Wildman–Crippen MR) is 124 cm³/mol. The standard InChI is InChI=1S/C27H26N2O3/c1-15-7-9-16(10-8-15)21-22-17-6-5-13-28-18(17)11-12-19(22)29-20-14-27(2,3)24(26(31)32-4)25(30)23(20)21/h5-13,21,24,29H,14H2,1-4H3/t21-,24-/m1/s1. The van der Waals surface area contributed by atoms with E-state index < -0.39 is 17.3 Å². The number of nitrogens with zero attached hydrogens (tertiary/aromatic N) is 1. The first kappa shape index (κ1) is 20.4. The maximum absolute atomic E-state index is 14.0. The number of carbonyl (C=O) groups is 2. The topological polar surface area (TPSA) is 68.3 Å². The van der Waals surface area contributed by atoms with Crippen molar-refractivity contribution in [1.82, 2.24) is 4.98 Å². The van der Waals surface area contributed by atoms with Crippen LogP contribution in [0.5, 0.6) is 0 Å². The minimum Gasteiger partial charge on any atom is -0.468 e. The molecular formula is C27H26N2O3. The van der Waals surface area contributed by atoms with Crippen molar-refractivity contribution in [3.63, 3.8) is 0 Å². The predicted octanol–water partition coefficient (Wildman–Crippen LogP) is 5.14. The fraction of sp³-hybridized carbons (Fsp3) is 0.296. The first-order valence-electron chi connectivity index (χ1n) is 10.9. The number of ketones is 1. The van der Waals surface area contributed by atoms with E-state index in [9.17, 15) is 9.59 Å². The van der Waals surface area contributed by atoms with Gasteiger partial charge in [-0.15, -0.1) is 0 Å². The quantitative estimate of drug-likeness (QED) is 0.454. The Balaban J connectivity index is 1.80. The Labute approximate surface area is 187 Å². The van der Waals surface area contributed by atoms with Crippen LogP contribution in [0.15, 0.2) is 66.0 Å². The highest BCUT2D eigenvalue weighted by Gasteiger charge is 2.51. The summed E-state index contributed by atoms with van der Waals surface area (Å²) in [5, 5.41) is 4.55. The molecule has 2 atom stereocenters. The third kappa shape index (κ3) is 3.03. The van der Waals surface area contributed by atoms with Gasteiger partial charge in [0.15, 0.2) is 5.78 Å². The second-order valence-corrected chi connectivity index (χ2v) is 9.44. The summed E-state index contributed by atoms with van der Waals surface area (Å²) in [5.74, 6) is -1.76. The van der Waals surface area contributed by atoms with Crippen molar-refractivity contribution >= 4 is 28.3 Å². The lowest BCUT2D eigenvalue weighted by atomic mass is 9.63. The molecule has 2 aromatic carbocycles. The average Bonchev–Trinajstić information content (AvgIpc) is 2.77. The largest absolute Gasteiger partial charge is 0.468 e. The average molecular weight is 427 g/mol. The molecule has 0 amide bonds. The van der Waals surface area contributed by atoms with Crippen LogP contribution in [0, 0.1) is 18.3 Å². The number of hydrogen-bond donors (Lipinski definition) is 1. The number of ether oxygens (including phenoxy) is 1. The van der Waals surface area contributed by atoms with Gasteiger partial charge in [-0.05, 0) is 48.1 Å². The minimum atomic E-state index is -0.837. The molecule has 0 fully saturated rings. The van der Waals surface area contributed by atoms with E-state index in [1.54, 1.807) is 6.20 Å². The van der Waals surface area contributed by atoms with Crippen LogP contribution in [-0.4, -0.2) is 23.8 Å². The van der Waals surface area contributed by atoms with E-state index in [4.69, 9.17) is 4.74 Å². The molecule has 0 radical (unpaired) electrons. The molecule has 1 aliphatic heterocycles. The Morgan fingerprint density at radius 2 is 1.88 bits per heavy atom.